The summed E-state index contributed by atoms with van der Waals surface area (Å²) in [5.74, 6) is -1.45. The molecule has 0 saturated carbocycles. The van der Waals surface area contributed by atoms with Crippen LogP contribution in [0.3, 0.4) is 0 Å². The minimum atomic E-state index is -1.11. The van der Waals surface area contributed by atoms with Crippen LogP contribution >= 0.6 is 34.8 Å². The number of hydrogen-bond acceptors (Lipinski definition) is 4. The normalized spacial score (nSPS) is 11.7. The number of rotatable bonds is 4. The molecule has 126 valence electrons. The van der Waals surface area contributed by atoms with E-state index in [0.717, 1.165) is 0 Å². The van der Waals surface area contributed by atoms with Gasteiger partial charge in [-0.3, -0.25) is 4.79 Å². The molecule has 24 heavy (non-hydrogen) atoms. The lowest BCUT2D eigenvalue weighted by Crippen LogP contribution is -2.30. The number of carbonyl (C=O) groups excluding carboxylic acids is 2. The Kier molecular flexibility index (Phi) is 5.94. The third kappa shape index (κ3) is 4.54. The molecule has 0 aromatic heterocycles. The van der Waals surface area contributed by atoms with Crippen LogP contribution in [-0.4, -0.2) is 23.1 Å². The summed E-state index contributed by atoms with van der Waals surface area (Å²) >= 11 is 17.8. The van der Waals surface area contributed by atoms with Crippen molar-refractivity contribution in [1.82, 2.24) is 0 Å². The lowest BCUT2D eigenvalue weighted by atomic mass is 10.2. The molecule has 8 heteroatoms. The van der Waals surface area contributed by atoms with Gasteiger partial charge in [0.2, 0.25) is 0 Å². The van der Waals surface area contributed by atoms with Gasteiger partial charge in [0.15, 0.2) is 6.10 Å². The van der Waals surface area contributed by atoms with Gasteiger partial charge in [-0.25, -0.2) is 4.79 Å². The first kappa shape index (κ1) is 18.4. The van der Waals surface area contributed by atoms with Crippen LogP contribution in [-0.2, 0) is 9.53 Å². The summed E-state index contributed by atoms with van der Waals surface area (Å²) in [6.07, 6.45) is -1.11. The van der Waals surface area contributed by atoms with Crippen molar-refractivity contribution in [3.05, 3.63) is 57.0 Å². The van der Waals surface area contributed by atoms with E-state index in [1.807, 2.05) is 0 Å². The number of ether oxygens (including phenoxy) is 1. The maximum absolute atomic E-state index is 12.1. The van der Waals surface area contributed by atoms with Gasteiger partial charge in [-0.05, 0) is 37.3 Å². The lowest BCUT2D eigenvalue weighted by Gasteiger charge is -2.15. The highest BCUT2D eigenvalue weighted by molar-refractivity contribution is 6.42. The first-order valence-corrected chi connectivity index (χ1v) is 7.86. The van der Waals surface area contributed by atoms with Crippen LogP contribution in [0.25, 0.3) is 0 Å². The van der Waals surface area contributed by atoms with E-state index in [1.165, 1.54) is 43.3 Å². The zero-order valence-electron chi connectivity index (χ0n) is 12.3. The van der Waals surface area contributed by atoms with E-state index >= 15 is 0 Å². The number of benzene rings is 2. The monoisotopic (exact) mass is 387 g/mol. The van der Waals surface area contributed by atoms with E-state index in [0.29, 0.717) is 5.02 Å². The van der Waals surface area contributed by atoms with Gasteiger partial charge in [0.25, 0.3) is 5.91 Å². The quantitative estimate of drug-likeness (QED) is 0.754. The lowest BCUT2D eigenvalue weighted by molar-refractivity contribution is -0.123. The molecule has 0 spiro atoms. The minimum Gasteiger partial charge on any atom is -0.508 e. The average molecular weight is 389 g/mol. The van der Waals surface area contributed by atoms with Crippen LogP contribution in [0.1, 0.15) is 17.3 Å². The van der Waals surface area contributed by atoms with Gasteiger partial charge < -0.3 is 15.2 Å². The molecule has 5 nitrogen and oxygen atoms in total. The van der Waals surface area contributed by atoms with Crippen molar-refractivity contribution in [1.29, 1.82) is 0 Å². The predicted octanol–water partition coefficient (Wildman–Crippen LogP) is 4.54. The van der Waals surface area contributed by atoms with Crippen LogP contribution in [0.4, 0.5) is 5.69 Å². The van der Waals surface area contributed by atoms with Crippen LogP contribution in [0.2, 0.25) is 15.1 Å². The van der Waals surface area contributed by atoms with E-state index in [-0.39, 0.29) is 27.0 Å². The van der Waals surface area contributed by atoms with Crippen LogP contribution < -0.4 is 5.32 Å². The summed E-state index contributed by atoms with van der Waals surface area (Å²) in [6, 6.07) is 8.45. The molecule has 0 heterocycles. The highest BCUT2D eigenvalue weighted by Crippen LogP contribution is 2.33. The summed E-state index contributed by atoms with van der Waals surface area (Å²) in [4.78, 5) is 24.1. The Morgan fingerprint density at radius 2 is 1.75 bits per heavy atom. The summed E-state index contributed by atoms with van der Waals surface area (Å²) in [5.41, 5.74) is 0.296. The molecule has 0 aliphatic rings. The van der Waals surface area contributed by atoms with Gasteiger partial charge in [0, 0.05) is 5.02 Å². The summed E-state index contributed by atoms with van der Waals surface area (Å²) < 4.78 is 5.05. The molecule has 2 N–H and O–H groups in total. The van der Waals surface area contributed by atoms with Crippen LogP contribution in [0.5, 0.6) is 5.75 Å². The Morgan fingerprint density at radius 1 is 1.12 bits per heavy atom. The molecule has 2 aromatic carbocycles. The van der Waals surface area contributed by atoms with Crippen LogP contribution in [0.15, 0.2) is 36.4 Å². The van der Waals surface area contributed by atoms with Gasteiger partial charge in [-0.15, -0.1) is 0 Å². The number of halogens is 3. The SMILES string of the molecule is C[C@@H](OC(=O)c1cccc(O)c1)C(=O)Nc1c(Cl)cc(Cl)cc1Cl. The highest BCUT2D eigenvalue weighted by atomic mass is 35.5. The fourth-order valence-corrected chi connectivity index (χ4v) is 2.71. The third-order valence-corrected chi connectivity index (χ3v) is 3.80. The number of amides is 1. The molecule has 0 bridgehead atoms. The minimum absolute atomic E-state index is 0.0821. The second-order valence-electron chi connectivity index (χ2n) is 4.83. The molecular weight excluding hydrogens is 377 g/mol. The Bertz CT molecular complexity index is 772. The third-order valence-electron chi connectivity index (χ3n) is 2.99. The topological polar surface area (TPSA) is 75.6 Å². The van der Waals surface area contributed by atoms with Gasteiger partial charge in [0.05, 0.1) is 21.3 Å². The van der Waals surface area contributed by atoms with Gasteiger partial charge >= 0.3 is 5.97 Å². The van der Waals surface area contributed by atoms with Crippen molar-refractivity contribution < 1.29 is 19.4 Å². The number of phenolic OH excluding ortho intramolecular Hbond substituents is 1. The maximum Gasteiger partial charge on any atom is 0.339 e. The average Bonchev–Trinajstić information content (AvgIpc) is 2.50. The van der Waals surface area contributed by atoms with E-state index in [4.69, 9.17) is 39.5 Å². The number of hydrogen-bond donors (Lipinski definition) is 2. The Balaban J connectivity index is 2.06. The fraction of sp³-hybridized carbons (Fsp3) is 0.125. The van der Waals surface area contributed by atoms with E-state index in [1.54, 1.807) is 0 Å². The van der Waals surface area contributed by atoms with E-state index < -0.39 is 18.0 Å². The van der Waals surface area contributed by atoms with Gasteiger partial charge in [-0.2, -0.15) is 0 Å². The first-order chi connectivity index (χ1) is 11.3. The summed E-state index contributed by atoms with van der Waals surface area (Å²) in [7, 11) is 0. The fourth-order valence-electron chi connectivity index (χ4n) is 1.80. The number of nitrogens with one attached hydrogen (secondary N) is 1. The number of anilines is 1. The zero-order valence-corrected chi connectivity index (χ0v) is 14.6. The molecule has 0 aliphatic carbocycles. The number of phenols is 1. The highest BCUT2D eigenvalue weighted by Gasteiger charge is 2.21. The molecule has 0 fully saturated rings. The molecule has 1 atom stereocenters. The second-order valence-corrected chi connectivity index (χ2v) is 6.08. The largest absolute Gasteiger partial charge is 0.508 e. The summed E-state index contributed by atoms with van der Waals surface area (Å²) in [5, 5.41) is 12.5. The number of aromatic hydroxyl groups is 1. The predicted molar refractivity (Wildman–Crippen MR) is 93.1 cm³/mol. The van der Waals surface area contributed by atoms with E-state index in [2.05, 4.69) is 5.32 Å². The summed E-state index contributed by atoms with van der Waals surface area (Å²) in [6.45, 7) is 1.40. The van der Waals surface area contributed by atoms with Crippen molar-refractivity contribution in [3.63, 3.8) is 0 Å². The molecule has 0 unspecified atom stereocenters. The van der Waals surface area contributed by atoms with Crippen LogP contribution in [0, 0.1) is 0 Å². The Morgan fingerprint density at radius 3 is 2.33 bits per heavy atom. The number of carbonyl (C=O) groups is 2. The zero-order chi connectivity index (χ0) is 17.9. The molecule has 0 radical (unpaired) electrons. The van der Waals surface area contributed by atoms with Crippen molar-refractivity contribution in [2.45, 2.75) is 13.0 Å². The Hall–Kier alpha value is -1.95. The Labute approximate surface area is 153 Å². The first-order valence-electron chi connectivity index (χ1n) is 6.73. The molecule has 0 aliphatic heterocycles. The van der Waals surface area contributed by atoms with Crippen molar-refractivity contribution >= 4 is 52.4 Å². The number of esters is 1. The smallest absolute Gasteiger partial charge is 0.339 e. The molecule has 1 amide bonds. The van der Waals surface area contributed by atoms with Gasteiger partial charge in [-0.1, -0.05) is 40.9 Å². The molecule has 0 saturated heterocycles. The van der Waals surface area contributed by atoms with E-state index in [9.17, 15) is 14.7 Å². The molecule has 2 aromatic rings. The standard InChI is InChI=1S/C16H12Cl3NO4/c1-8(24-16(23)9-3-2-4-11(21)5-9)15(22)20-14-12(18)6-10(17)7-13(14)19/h2-8,21H,1H3,(H,20,22)/t8-/m1/s1. The second kappa shape index (κ2) is 7.75. The van der Waals surface area contributed by atoms with Gasteiger partial charge in [0.1, 0.15) is 5.75 Å². The molecular formula is C16H12Cl3NO4. The van der Waals surface area contributed by atoms with Crippen molar-refractivity contribution in [2.75, 3.05) is 5.32 Å². The van der Waals surface area contributed by atoms with Crippen molar-refractivity contribution in [3.8, 4) is 5.75 Å². The van der Waals surface area contributed by atoms with Crippen molar-refractivity contribution in [2.24, 2.45) is 0 Å². The maximum atomic E-state index is 12.1. The molecule has 2 rings (SSSR count).